The Morgan fingerprint density at radius 1 is 0.828 bits per heavy atom. The molecule has 6 heteroatoms. The van der Waals surface area contributed by atoms with Crippen molar-refractivity contribution in [2.45, 2.75) is 63.3 Å². The zero-order valence-corrected chi connectivity index (χ0v) is 20.1. The SMILES string of the molecule is CC(C)(C)c1ccc(S(=O)(=O)NCCCCCCNCc2ccc(Br)cc2)cc1. The predicted octanol–water partition coefficient (Wildman–Crippen LogP) is 5.38. The highest BCUT2D eigenvalue weighted by molar-refractivity contribution is 9.10. The fraction of sp³-hybridized carbons (Fsp3) is 0.478. The number of hydrogen-bond acceptors (Lipinski definition) is 3. The van der Waals surface area contributed by atoms with Crippen molar-refractivity contribution in [3.8, 4) is 0 Å². The van der Waals surface area contributed by atoms with Gasteiger partial charge in [0.15, 0.2) is 0 Å². The third-order valence-electron chi connectivity index (χ3n) is 4.85. The van der Waals surface area contributed by atoms with Crippen LogP contribution in [0.3, 0.4) is 0 Å². The summed E-state index contributed by atoms with van der Waals surface area (Å²) in [5, 5.41) is 3.45. The molecule has 0 saturated carbocycles. The lowest BCUT2D eigenvalue weighted by atomic mass is 9.87. The summed E-state index contributed by atoms with van der Waals surface area (Å²) in [6.45, 7) is 8.68. The van der Waals surface area contributed by atoms with Crippen molar-refractivity contribution < 1.29 is 8.42 Å². The third-order valence-corrected chi connectivity index (χ3v) is 6.85. The van der Waals surface area contributed by atoms with Crippen molar-refractivity contribution in [2.75, 3.05) is 13.1 Å². The molecule has 0 amide bonds. The summed E-state index contributed by atoms with van der Waals surface area (Å²) in [5.74, 6) is 0. The van der Waals surface area contributed by atoms with Gasteiger partial charge in [0.1, 0.15) is 0 Å². The maximum absolute atomic E-state index is 12.4. The first-order valence-electron chi connectivity index (χ1n) is 10.2. The summed E-state index contributed by atoms with van der Waals surface area (Å²) in [5.41, 5.74) is 2.42. The molecule has 0 radical (unpaired) electrons. The number of halogens is 1. The Morgan fingerprint density at radius 2 is 1.41 bits per heavy atom. The molecule has 29 heavy (non-hydrogen) atoms. The molecule has 0 heterocycles. The minimum Gasteiger partial charge on any atom is -0.313 e. The number of hydrogen-bond donors (Lipinski definition) is 2. The minimum atomic E-state index is -3.42. The van der Waals surface area contributed by atoms with Crippen molar-refractivity contribution >= 4 is 26.0 Å². The van der Waals surface area contributed by atoms with Gasteiger partial charge in [-0.15, -0.1) is 0 Å². The molecular weight excluding hydrogens is 448 g/mol. The van der Waals surface area contributed by atoms with Crippen molar-refractivity contribution in [1.82, 2.24) is 10.0 Å². The quantitative estimate of drug-likeness (QED) is 0.424. The molecule has 2 aromatic carbocycles. The molecule has 4 nitrogen and oxygen atoms in total. The van der Waals surface area contributed by atoms with E-state index in [1.165, 1.54) is 5.56 Å². The summed E-state index contributed by atoms with van der Waals surface area (Å²) in [7, 11) is -3.42. The van der Waals surface area contributed by atoms with Crippen LogP contribution in [-0.2, 0) is 22.0 Å². The van der Waals surface area contributed by atoms with E-state index in [0.717, 1.165) is 48.8 Å². The Morgan fingerprint density at radius 3 is 2.00 bits per heavy atom. The lowest BCUT2D eigenvalue weighted by Crippen LogP contribution is -2.25. The molecule has 0 aliphatic carbocycles. The fourth-order valence-corrected chi connectivity index (χ4v) is 4.33. The predicted molar refractivity (Wildman–Crippen MR) is 125 cm³/mol. The molecular formula is C23H33BrN2O2S. The van der Waals surface area contributed by atoms with E-state index in [1.807, 2.05) is 12.1 Å². The van der Waals surface area contributed by atoms with Crippen LogP contribution < -0.4 is 10.0 Å². The molecule has 2 N–H and O–H groups in total. The molecule has 160 valence electrons. The van der Waals surface area contributed by atoms with Crippen molar-refractivity contribution in [3.63, 3.8) is 0 Å². The summed E-state index contributed by atoms with van der Waals surface area (Å²) in [6, 6.07) is 15.5. The average Bonchev–Trinajstić information content (AvgIpc) is 2.67. The Balaban J connectivity index is 1.59. The normalized spacial score (nSPS) is 12.3. The summed E-state index contributed by atoms with van der Waals surface area (Å²) < 4.78 is 28.6. The molecule has 0 spiro atoms. The van der Waals surface area contributed by atoms with E-state index in [9.17, 15) is 8.42 Å². The molecule has 0 fully saturated rings. The van der Waals surface area contributed by atoms with Gasteiger partial charge in [-0.1, -0.05) is 73.8 Å². The molecule has 2 rings (SSSR count). The van der Waals surface area contributed by atoms with Crippen molar-refractivity contribution in [1.29, 1.82) is 0 Å². The Hall–Kier alpha value is -1.21. The van der Waals surface area contributed by atoms with Crippen LogP contribution in [0.5, 0.6) is 0 Å². The fourth-order valence-electron chi connectivity index (χ4n) is 2.99. The van der Waals surface area contributed by atoms with Gasteiger partial charge in [-0.3, -0.25) is 0 Å². The van der Waals surface area contributed by atoms with Gasteiger partial charge in [0.2, 0.25) is 10.0 Å². The van der Waals surface area contributed by atoms with Gasteiger partial charge in [0, 0.05) is 17.6 Å². The average molecular weight is 482 g/mol. The Kier molecular flexibility index (Phi) is 9.34. The highest BCUT2D eigenvalue weighted by Gasteiger charge is 2.17. The Bertz CT molecular complexity index is 842. The molecule has 0 aromatic heterocycles. The topological polar surface area (TPSA) is 58.2 Å². The largest absolute Gasteiger partial charge is 0.313 e. The number of nitrogens with one attached hydrogen (secondary N) is 2. The molecule has 0 unspecified atom stereocenters. The smallest absolute Gasteiger partial charge is 0.240 e. The molecule has 2 aromatic rings. The van der Waals surface area contributed by atoms with Gasteiger partial charge in [-0.2, -0.15) is 0 Å². The van der Waals surface area contributed by atoms with Gasteiger partial charge < -0.3 is 5.32 Å². The Labute approximate surface area is 184 Å². The van der Waals surface area contributed by atoms with Gasteiger partial charge in [-0.05, 0) is 60.2 Å². The second kappa shape index (κ2) is 11.3. The van der Waals surface area contributed by atoms with Crippen LogP contribution in [0.15, 0.2) is 57.9 Å². The van der Waals surface area contributed by atoms with E-state index in [-0.39, 0.29) is 5.41 Å². The van der Waals surface area contributed by atoms with Crippen LogP contribution in [0, 0.1) is 0 Å². The van der Waals surface area contributed by atoms with Gasteiger partial charge >= 0.3 is 0 Å². The van der Waals surface area contributed by atoms with Crippen LogP contribution in [0.1, 0.15) is 57.6 Å². The molecule has 0 aliphatic heterocycles. The second-order valence-corrected chi connectivity index (χ2v) is 11.1. The standard InChI is InChI=1S/C23H33BrN2O2S/c1-23(2,3)20-10-14-22(15-11-20)29(27,28)26-17-7-5-4-6-16-25-18-19-8-12-21(24)13-9-19/h8-15,25-26H,4-7,16-18H2,1-3H3. The van der Waals surface area contributed by atoms with E-state index in [0.29, 0.717) is 11.4 Å². The lowest BCUT2D eigenvalue weighted by molar-refractivity contribution is 0.563. The number of rotatable bonds is 11. The van der Waals surface area contributed by atoms with Gasteiger partial charge in [-0.25, -0.2) is 13.1 Å². The highest BCUT2D eigenvalue weighted by atomic mass is 79.9. The first-order valence-corrected chi connectivity index (χ1v) is 12.5. The van der Waals surface area contributed by atoms with Crippen LogP contribution in [0.25, 0.3) is 0 Å². The monoisotopic (exact) mass is 480 g/mol. The number of unbranched alkanes of at least 4 members (excludes halogenated alkanes) is 3. The second-order valence-electron chi connectivity index (χ2n) is 8.39. The minimum absolute atomic E-state index is 0.0167. The van der Waals surface area contributed by atoms with E-state index in [4.69, 9.17) is 0 Å². The zero-order chi connectivity index (χ0) is 21.3. The van der Waals surface area contributed by atoms with E-state index in [1.54, 1.807) is 12.1 Å². The van der Waals surface area contributed by atoms with E-state index < -0.39 is 10.0 Å². The van der Waals surface area contributed by atoms with Gasteiger partial charge in [0.25, 0.3) is 0 Å². The maximum Gasteiger partial charge on any atom is 0.240 e. The van der Waals surface area contributed by atoms with Crippen LogP contribution in [-0.4, -0.2) is 21.5 Å². The summed E-state index contributed by atoms with van der Waals surface area (Å²) in [6.07, 6.45) is 4.06. The highest BCUT2D eigenvalue weighted by Crippen LogP contribution is 2.23. The molecule has 0 bridgehead atoms. The van der Waals surface area contributed by atoms with Gasteiger partial charge in [0.05, 0.1) is 4.90 Å². The molecule has 0 aliphatic rings. The number of sulfonamides is 1. The lowest BCUT2D eigenvalue weighted by Gasteiger charge is -2.19. The van der Waals surface area contributed by atoms with E-state index >= 15 is 0 Å². The van der Waals surface area contributed by atoms with E-state index in [2.05, 4.69) is 71.0 Å². The van der Waals surface area contributed by atoms with Crippen molar-refractivity contribution in [2.24, 2.45) is 0 Å². The maximum atomic E-state index is 12.4. The third kappa shape index (κ3) is 8.59. The summed E-state index contributed by atoms with van der Waals surface area (Å²) >= 11 is 3.44. The first kappa shape index (κ1) is 24.1. The zero-order valence-electron chi connectivity index (χ0n) is 17.7. The first-order chi connectivity index (χ1) is 13.7. The van der Waals surface area contributed by atoms with Crippen LogP contribution >= 0.6 is 15.9 Å². The molecule has 0 saturated heterocycles. The van der Waals surface area contributed by atoms with Crippen LogP contribution in [0.2, 0.25) is 0 Å². The number of benzene rings is 2. The molecule has 0 atom stereocenters. The van der Waals surface area contributed by atoms with Crippen LogP contribution in [0.4, 0.5) is 0 Å². The van der Waals surface area contributed by atoms with Crippen molar-refractivity contribution in [3.05, 3.63) is 64.1 Å². The summed E-state index contributed by atoms with van der Waals surface area (Å²) in [4.78, 5) is 0.336.